The number of rotatable bonds is 6. The van der Waals surface area contributed by atoms with Crippen LogP contribution in [0.1, 0.15) is 52.9 Å². The van der Waals surface area contributed by atoms with Crippen molar-refractivity contribution in [2.45, 2.75) is 70.6 Å². The fourth-order valence-electron chi connectivity index (χ4n) is 6.38. The summed E-state index contributed by atoms with van der Waals surface area (Å²) < 4.78 is 5.60. The fourth-order valence-corrected chi connectivity index (χ4v) is 6.38. The number of hydrogen-bond donors (Lipinski definition) is 3. The molecule has 2 saturated heterocycles. The van der Waals surface area contributed by atoms with E-state index in [2.05, 4.69) is 10.6 Å². The van der Waals surface area contributed by atoms with Gasteiger partial charge in [0.05, 0.1) is 6.04 Å². The summed E-state index contributed by atoms with van der Waals surface area (Å²) in [7, 11) is 0. The van der Waals surface area contributed by atoms with Crippen LogP contribution in [0.15, 0.2) is 0 Å². The minimum absolute atomic E-state index is 0.0564. The smallest absolute Gasteiger partial charge is 0.410 e. The van der Waals surface area contributed by atoms with E-state index >= 15 is 0 Å². The summed E-state index contributed by atoms with van der Waals surface area (Å²) >= 11 is 0. The molecule has 9 nitrogen and oxygen atoms in total. The molecule has 32 heavy (non-hydrogen) atoms. The molecule has 9 heteroatoms. The molecule has 0 spiro atoms. The lowest BCUT2D eigenvalue weighted by molar-refractivity contribution is -0.133. The van der Waals surface area contributed by atoms with Crippen LogP contribution in [-0.4, -0.2) is 71.1 Å². The highest BCUT2D eigenvalue weighted by Crippen LogP contribution is 2.57. The van der Waals surface area contributed by atoms with Crippen LogP contribution in [0, 0.1) is 29.6 Å². The second-order valence-electron chi connectivity index (χ2n) is 10.8. The molecule has 4 rings (SSSR count). The Morgan fingerprint density at radius 3 is 2.56 bits per heavy atom. The standard InChI is InChI=1S/C23H35N3O6/c1-23(2,3)32-22(31)26-10-15-12-4-5-13(8-12)18(15)19(26)21(30)25-16(17(28)11-27)9-14-6-7-24-20(14)29/h12-16,18-19,27H,4-11H2,1-3H3,(H,24,29)(H,25,30)/t12-,13+,14+,15-,16+,18+,19+/m1/s1. The van der Waals surface area contributed by atoms with Crippen LogP contribution in [0.5, 0.6) is 0 Å². The summed E-state index contributed by atoms with van der Waals surface area (Å²) in [6, 6.07) is -1.66. The monoisotopic (exact) mass is 449 g/mol. The molecule has 0 aromatic heterocycles. The number of Topliss-reactive ketones (excluding diaryl/α,β-unsaturated/α-hetero) is 1. The van der Waals surface area contributed by atoms with Gasteiger partial charge in [0.25, 0.3) is 0 Å². The SMILES string of the molecule is CC(C)(C)OC(=O)N1C[C@@H]2[C@@H]3CC[C@@H](C3)[C@@H]2[C@H]1C(=O)N[C@@H](C[C@@H]1CCNC1=O)C(=O)CO. The lowest BCUT2D eigenvalue weighted by atomic mass is 9.78. The molecule has 0 aromatic carbocycles. The fraction of sp³-hybridized carbons (Fsp3) is 0.826. The molecular formula is C23H35N3O6. The average Bonchev–Trinajstić information content (AvgIpc) is 3.47. The van der Waals surface area contributed by atoms with Crippen LogP contribution in [0.3, 0.4) is 0 Å². The van der Waals surface area contributed by atoms with Gasteiger partial charge in [0.15, 0.2) is 5.78 Å². The van der Waals surface area contributed by atoms with E-state index < -0.39 is 36.2 Å². The van der Waals surface area contributed by atoms with E-state index in [1.54, 1.807) is 25.7 Å². The summed E-state index contributed by atoms with van der Waals surface area (Å²) in [6.07, 6.45) is 3.50. The highest BCUT2D eigenvalue weighted by atomic mass is 16.6. The third-order valence-electron chi connectivity index (χ3n) is 7.71. The molecule has 2 bridgehead atoms. The highest BCUT2D eigenvalue weighted by Gasteiger charge is 2.60. The van der Waals surface area contributed by atoms with Crippen LogP contribution >= 0.6 is 0 Å². The highest BCUT2D eigenvalue weighted by molar-refractivity contribution is 5.93. The Kier molecular flexibility index (Phi) is 6.22. The maximum Gasteiger partial charge on any atom is 0.410 e. The zero-order chi connectivity index (χ0) is 23.2. The third-order valence-corrected chi connectivity index (χ3v) is 7.71. The molecule has 178 valence electrons. The van der Waals surface area contributed by atoms with Crippen LogP contribution in [0.2, 0.25) is 0 Å². The van der Waals surface area contributed by atoms with Crippen molar-refractivity contribution in [3.05, 3.63) is 0 Å². The lowest BCUT2D eigenvalue weighted by Gasteiger charge is -2.32. The van der Waals surface area contributed by atoms with Gasteiger partial charge in [0, 0.05) is 19.0 Å². The van der Waals surface area contributed by atoms with Gasteiger partial charge in [0.2, 0.25) is 11.8 Å². The van der Waals surface area contributed by atoms with Crippen molar-refractivity contribution in [2.75, 3.05) is 19.7 Å². The number of amides is 3. The molecule has 3 amide bonds. The molecule has 7 atom stereocenters. The molecule has 2 aliphatic carbocycles. The van der Waals surface area contributed by atoms with Crippen molar-refractivity contribution in [3.8, 4) is 0 Å². The molecule has 0 radical (unpaired) electrons. The second kappa shape index (κ2) is 8.65. The van der Waals surface area contributed by atoms with Crippen molar-refractivity contribution < 1.29 is 29.0 Å². The molecule has 3 N–H and O–H groups in total. The number of carbonyl (C=O) groups excluding carboxylic acids is 4. The molecular weight excluding hydrogens is 414 g/mol. The second-order valence-corrected chi connectivity index (χ2v) is 10.8. The number of fused-ring (bicyclic) bond motifs is 5. The Morgan fingerprint density at radius 2 is 1.94 bits per heavy atom. The first-order chi connectivity index (χ1) is 15.1. The molecule has 2 heterocycles. The van der Waals surface area contributed by atoms with E-state index in [1.165, 1.54) is 0 Å². The summed E-state index contributed by atoms with van der Waals surface area (Å²) in [5.41, 5.74) is -0.681. The first kappa shape index (κ1) is 23.0. The Balaban J connectivity index is 1.54. The van der Waals surface area contributed by atoms with Crippen LogP contribution < -0.4 is 10.6 Å². The number of aliphatic hydroxyl groups excluding tert-OH is 1. The third kappa shape index (κ3) is 4.36. The quantitative estimate of drug-likeness (QED) is 0.552. The van der Waals surface area contributed by atoms with Crippen molar-refractivity contribution in [2.24, 2.45) is 29.6 Å². The van der Waals surface area contributed by atoms with Gasteiger partial charge in [-0.25, -0.2) is 4.79 Å². The van der Waals surface area contributed by atoms with E-state index in [-0.39, 0.29) is 36.0 Å². The van der Waals surface area contributed by atoms with Gasteiger partial charge in [0.1, 0.15) is 18.2 Å². The Morgan fingerprint density at radius 1 is 1.22 bits per heavy atom. The summed E-state index contributed by atoms with van der Waals surface area (Å²) in [5, 5.41) is 15.0. The predicted octanol–water partition coefficient (Wildman–Crippen LogP) is 0.840. The van der Waals surface area contributed by atoms with Crippen LogP contribution in [0.4, 0.5) is 4.79 Å². The Bertz CT molecular complexity index is 793. The number of ketones is 1. The summed E-state index contributed by atoms with van der Waals surface area (Å²) in [6.45, 7) is 5.70. The summed E-state index contributed by atoms with van der Waals surface area (Å²) in [5.74, 6) is -0.197. The Labute approximate surface area is 188 Å². The number of likely N-dealkylation sites (tertiary alicyclic amines) is 1. The van der Waals surface area contributed by atoms with E-state index in [4.69, 9.17) is 4.74 Å². The predicted molar refractivity (Wildman–Crippen MR) is 114 cm³/mol. The molecule has 0 aromatic rings. The zero-order valence-corrected chi connectivity index (χ0v) is 19.1. The maximum atomic E-state index is 13.5. The first-order valence-corrected chi connectivity index (χ1v) is 11.8. The molecule has 0 unspecified atom stereocenters. The van der Waals surface area contributed by atoms with Crippen LogP contribution in [0.25, 0.3) is 0 Å². The minimum Gasteiger partial charge on any atom is -0.444 e. The van der Waals surface area contributed by atoms with Gasteiger partial charge in [-0.05, 0) is 76.5 Å². The van der Waals surface area contributed by atoms with Gasteiger partial charge in [-0.3, -0.25) is 19.3 Å². The van der Waals surface area contributed by atoms with E-state index in [0.29, 0.717) is 31.3 Å². The number of hydrogen-bond acceptors (Lipinski definition) is 6. The lowest BCUT2D eigenvalue weighted by Crippen LogP contribution is -2.55. The number of ether oxygens (including phenoxy) is 1. The zero-order valence-electron chi connectivity index (χ0n) is 19.1. The summed E-state index contributed by atoms with van der Waals surface area (Å²) in [4.78, 5) is 52.5. The first-order valence-electron chi connectivity index (χ1n) is 11.8. The minimum atomic E-state index is -0.959. The Hall–Kier alpha value is -2.16. The largest absolute Gasteiger partial charge is 0.444 e. The number of nitrogens with zero attached hydrogens (tertiary/aromatic N) is 1. The van der Waals surface area contributed by atoms with E-state index in [9.17, 15) is 24.3 Å². The molecule has 4 fully saturated rings. The van der Waals surface area contributed by atoms with Gasteiger partial charge >= 0.3 is 6.09 Å². The number of carbonyl (C=O) groups is 4. The molecule has 4 aliphatic rings. The normalized spacial score (nSPS) is 34.2. The topological polar surface area (TPSA) is 125 Å². The number of nitrogens with one attached hydrogen (secondary N) is 2. The van der Waals surface area contributed by atoms with Crippen molar-refractivity contribution in [1.29, 1.82) is 0 Å². The van der Waals surface area contributed by atoms with E-state index in [0.717, 1.165) is 19.3 Å². The van der Waals surface area contributed by atoms with Gasteiger partial charge in [-0.15, -0.1) is 0 Å². The van der Waals surface area contributed by atoms with Gasteiger partial charge < -0.3 is 20.5 Å². The van der Waals surface area contributed by atoms with Gasteiger partial charge in [-0.1, -0.05) is 0 Å². The van der Waals surface area contributed by atoms with E-state index in [1.807, 2.05) is 0 Å². The molecule has 2 saturated carbocycles. The maximum absolute atomic E-state index is 13.5. The van der Waals surface area contributed by atoms with Gasteiger partial charge in [-0.2, -0.15) is 0 Å². The number of aliphatic hydroxyl groups is 1. The van der Waals surface area contributed by atoms with Crippen molar-refractivity contribution in [1.82, 2.24) is 15.5 Å². The average molecular weight is 450 g/mol. The molecule has 2 aliphatic heterocycles. The van der Waals surface area contributed by atoms with Crippen molar-refractivity contribution in [3.63, 3.8) is 0 Å². The van der Waals surface area contributed by atoms with Crippen molar-refractivity contribution >= 4 is 23.7 Å². The van der Waals surface area contributed by atoms with Crippen LogP contribution in [-0.2, 0) is 19.1 Å².